The lowest BCUT2D eigenvalue weighted by Gasteiger charge is -2.38. The monoisotopic (exact) mass is 523 g/mol. The van der Waals surface area contributed by atoms with E-state index in [1.165, 1.54) is 17.8 Å². The number of nitrogens with two attached hydrogens (primary N) is 1. The summed E-state index contributed by atoms with van der Waals surface area (Å²) in [6.45, 7) is 1.50. The summed E-state index contributed by atoms with van der Waals surface area (Å²) in [7, 11) is 0. The van der Waals surface area contributed by atoms with Crippen molar-refractivity contribution in [2.75, 3.05) is 5.73 Å². The SMILES string of the molecule is CC(=O)c1c(C2C[C@H]3CC[C@H](C2)N3C(=O)c2ncn[nH]2)nc2c(-c3ccc(-n4cccn4)nc3)cnn2c1N. The molecule has 0 aliphatic carbocycles. The van der Waals surface area contributed by atoms with Crippen molar-refractivity contribution in [3.8, 4) is 16.9 Å². The number of Topliss-reactive ketones (excluding diaryl/α,β-unsaturated/α-hetero) is 1. The highest BCUT2D eigenvalue weighted by molar-refractivity contribution is 6.00. The van der Waals surface area contributed by atoms with Gasteiger partial charge in [-0.3, -0.25) is 14.7 Å². The number of rotatable bonds is 5. The molecule has 7 rings (SSSR count). The molecule has 5 aromatic heterocycles. The van der Waals surface area contributed by atoms with Crippen LogP contribution in [0, 0.1) is 0 Å². The fourth-order valence-electron chi connectivity index (χ4n) is 6.14. The van der Waals surface area contributed by atoms with Gasteiger partial charge in [-0.05, 0) is 50.8 Å². The molecule has 2 aliphatic rings. The van der Waals surface area contributed by atoms with Gasteiger partial charge in [0, 0.05) is 47.7 Å². The minimum atomic E-state index is -0.160. The molecule has 0 unspecified atom stereocenters. The summed E-state index contributed by atoms with van der Waals surface area (Å²) < 4.78 is 3.20. The van der Waals surface area contributed by atoms with Gasteiger partial charge in [0.05, 0.1) is 17.5 Å². The van der Waals surface area contributed by atoms with E-state index in [1.54, 1.807) is 23.3 Å². The smallest absolute Gasteiger partial charge is 0.291 e. The van der Waals surface area contributed by atoms with E-state index in [2.05, 4.69) is 30.4 Å². The van der Waals surface area contributed by atoms with E-state index in [1.807, 2.05) is 29.3 Å². The van der Waals surface area contributed by atoms with Gasteiger partial charge in [0.15, 0.2) is 17.2 Å². The standard InChI is InChI=1S/C26H25N11O2/c1-14(38)21-22(16-9-17-4-5-18(10-16)36(17)26(39)24-29-13-30-34-24)33-25-19(12-32-37(25)23(21)27)15-3-6-20(28-11-15)35-8-2-7-31-35/h2-3,6-8,11-13,16-18H,4-5,9-10,27H2,1H3,(H,29,30,34)/t17-,18-/m1/s1. The molecule has 196 valence electrons. The van der Waals surface area contributed by atoms with Gasteiger partial charge in [0.1, 0.15) is 12.1 Å². The van der Waals surface area contributed by atoms with Crippen LogP contribution >= 0.6 is 0 Å². The number of nitrogens with one attached hydrogen (secondary N) is 1. The molecule has 13 heteroatoms. The number of anilines is 1. The molecule has 0 aromatic carbocycles. The van der Waals surface area contributed by atoms with E-state index in [4.69, 9.17) is 10.7 Å². The Hall–Kier alpha value is -4.94. The molecule has 0 radical (unpaired) electrons. The van der Waals surface area contributed by atoms with Crippen molar-refractivity contribution < 1.29 is 9.59 Å². The van der Waals surface area contributed by atoms with Gasteiger partial charge in [0.25, 0.3) is 5.91 Å². The first-order valence-corrected chi connectivity index (χ1v) is 12.8. The Balaban J connectivity index is 1.27. The second kappa shape index (κ2) is 8.82. The van der Waals surface area contributed by atoms with Gasteiger partial charge in [-0.1, -0.05) is 0 Å². The maximum absolute atomic E-state index is 13.1. The lowest BCUT2D eigenvalue weighted by atomic mass is 9.85. The summed E-state index contributed by atoms with van der Waals surface area (Å²) in [5.74, 6) is 0.867. The number of ketones is 1. The van der Waals surface area contributed by atoms with Crippen LogP contribution in [0.3, 0.4) is 0 Å². The minimum Gasteiger partial charge on any atom is -0.383 e. The zero-order valence-corrected chi connectivity index (χ0v) is 21.1. The van der Waals surface area contributed by atoms with Gasteiger partial charge in [-0.15, -0.1) is 0 Å². The number of nitrogens with zero attached hydrogens (tertiary/aromatic N) is 9. The Morgan fingerprint density at radius 1 is 1.08 bits per heavy atom. The second-order valence-corrected chi connectivity index (χ2v) is 10.1. The molecule has 13 nitrogen and oxygen atoms in total. The normalized spacial score (nSPS) is 20.5. The topological polar surface area (TPSA) is 166 Å². The molecule has 1 amide bonds. The first-order valence-electron chi connectivity index (χ1n) is 12.8. The van der Waals surface area contributed by atoms with Crippen molar-refractivity contribution in [2.24, 2.45) is 0 Å². The van der Waals surface area contributed by atoms with Crippen molar-refractivity contribution in [3.63, 3.8) is 0 Å². The Labute approximate surface area is 222 Å². The van der Waals surface area contributed by atoms with Gasteiger partial charge < -0.3 is 10.6 Å². The number of H-pyrrole nitrogens is 1. The molecule has 0 spiro atoms. The zero-order chi connectivity index (χ0) is 26.7. The molecular weight excluding hydrogens is 498 g/mol. The number of pyridine rings is 1. The highest BCUT2D eigenvalue weighted by atomic mass is 16.2. The first-order chi connectivity index (χ1) is 19.0. The summed E-state index contributed by atoms with van der Waals surface area (Å²) in [6, 6.07) is 5.69. The molecule has 2 bridgehead atoms. The maximum atomic E-state index is 13.1. The summed E-state index contributed by atoms with van der Waals surface area (Å²) >= 11 is 0. The van der Waals surface area contributed by atoms with Crippen LogP contribution in [0.2, 0.25) is 0 Å². The molecule has 39 heavy (non-hydrogen) atoms. The lowest BCUT2D eigenvalue weighted by Crippen LogP contribution is -2.46. The van der Waals surface area contributed by atoms with Crippen LogP contribution in [0.4, 0.5) is 5.82 Å². The number of piperidine rings is 1. The van der Waals surface area contributed by atoms with Crippen LogP contribution in [-0.4, -0.2) is 73.2 Å². The predicted octanol–water partition coefficient (Wildman–Crippen LogP) is 2.43. The van der Waals surface area contributed by atoms with Crippen LogP contribution < -0.4 is 5.73 Å². The van der Waals surface area contributed by atoms with E-state index < -0.39 is 0 Å². The third-order valence-corrected chi connectivity index (χ3v) is 7.83. The van der Waals surface area contributed by atoms with Gasteiger partial charge >= 0.3 is 0 Å². The van der Waals surface area contributed by atoms with Crippen LogP contribution in [-0.2, 0) is 0 Å². The fourth-order valence-corrected chi connectivity index (χ4v) is 6.14. The van der Waals surface area contributed by atoms with Gasteiger partial charge in [-0.2, -0.15) is 19.8 Å². The Bertz CT molecular complexity index is 1680. The van der Waals surface area contributed by atoms with E-state index >= 15 is 0 Å². The van der Waals surface area contributed by atoms with Crippen LogP contribution in [0.15, 0.2) is 49.3 Å². The molecule has 2 saturated heterocycles. The minimum absolute atomic E-state index is 0.0221. The average molecular weight is 524 g/mol. The van der Waals surface area contributed by atoms with E-state index in [0.717, 1.165) is 24.0 Å². The van der Waals surface area contributed by atoms with Crippen LogP contribution in [0.25, 0.3) is 22.6 Å². The Morgan fingerprint density at radius 2 is 1.90 bits per heavy atom. The number of fused-ring (bicyclic) bond motifs is 3. The zero-order valence-electron chi connectivity index (χ0n) is 21.1. The largest absolute Gasteiger partial charge is 0.383 e. The number of hydrogen-bond donors (Lipinski definition) is 2. The van der Waals surface area contributed by atoms with Gasteiger partial charge in [0.2, 0.25) is 5.82 Å². The molecule has 5 aromatic rings. The van der Waals surface area contributed by atoms with Crippen molar-refractivity contribution in [3.05, 3.63) is 66.4 Å². The quantitative estimate of drug-likeness (QED) is 0.329. The van der Waals surface area contributed by atoms with Crippen molar-refractivity contribution in [1.29, 1.82) is 0 Å². The molecule has 0 saturated carbocycles. The molecular formula is C26H25N11O2. The average Bonchev–Trinajstić information content (AvgIpc) is 3.75. The van der Waals surface area contributed by atoms with E-state index in [0.29, 0.717) is 35.6 Å². The Morgan fingerprint density at radius 3 is 2.54 bits per heavy atom. The Kier molecular flexibility index (Phi) is 5.25. The van der Waals surface area contributed by atoms with E-state index in [-0.39, 0.29) is 41.3 Å². The number of hydrogen-bond acceptors (Lipinski definition) is 9. The molecule has 7 heterocycles. The maximum Gasteiger partial charge on any atom is 0.291 e. The number of carbonyl (C=O) groups excluding carboxylic acids is 2. The highest BCUT2D eigenvalue weighted by Crippen LogP contribution is 2.45. The lowest BCUT2D eigenvalue weighted by molar-refractivity contribution is 0.0556. The summed E-state index contributed by atoms with van der Waals surface area (Å²) in [5.41, 5.74) is 9.77. The third kappa shape index (κ3) is 3.68. The number of nitrogen functional groups attached to an aromatic ring is 1. The highest BCUT2D eigenvalue weighted by Gasteiger charge is 2.45. The van der Waals surface area contributed by atoms with Crippen molar-refractivity contribution in [1.82, 2.24) is 49.4 Å². The summed E-state index contributed by atoms with van der Waals surface area (Å²) in [5, 5.41) is 15.2. The number of aromatic nitrogens is 9. The van der Waals surface area contributed by atoms with Crippen LogP contribution in [0.1, 0.15) is 65.2 Å². The second-order valence-electron chi connectivity index (χ2n) is 10.1. The molecule has 2 atom stereocenters. The summed E-state index contributed by atoms with van der Waals surface area (Å²) in [4.78, 5) is 41.5. The van der Waals surface area contributed by atoms with Gasteiger partial charge in [-0.25, -0.2) is 19.6 Å². The summed E-state index contributed by atoms with van der Waals surface area (Å²) in [6.07, 6.45) is 11.5. The third-order valence-electron chi connectivity index (χ3n) is 7.83. The fraction of sp³-hybridized carbons (Fsp3) is 0.308. The molecule has 2 fully saturated rings. The van der Waals surface area contributed by atoms with Crippen molar-refractivity contribution >= 4 is 23.2 Å². The van der Waals surface area contributed by atoms with Crippen LogP contribution in [0.5, 0.6) is 0 Å². The molecule has 2 aliphatic heterocycles. The number of amides is 1. The number of carbonyl (C=O) groups is 2. The van der Waals surface area contributed by atoms with E-state index in [9.17, 15) is 9.59 Å². The van der Waals surface area contributed by atoms with Crippen molar-refractivity contribution in [2.45, 2.75) is 50.6 Å². The first kappa shape index (κ1) is 23.2. The predicted molar refractivity (Wildman–Crippen MR) is 139 cm³/mol. The number of aromatic amines is 1. The molecule has 3 N–H and O–H groups in total.